The van der Waals surface area contributed by atoms with Crippen LogP contribution in [0.2, 0.25) is 5.02 Å². The lowest BCUT2D eigenvalue weighted by Gasteiger charge is -2.09. The molecule has 0 bridgehead atoms. The highest BCUT2D eigenvalue weighted by molar-refractivity contribution is 6.43. The van der Waals surface area contributed by atoms with Gasteiger partial charge in [-0.05, 0) is 36.8 Å². The maximum Gasteiger partial charge on any atom is 0.314 e. The van der Waals surface area contributed by atoms with Gasteiger partial charge in [0.15, 0.2) is 0 Å². The van der Waals surface area contributed by atoms with Crippen molar-refractivity contribution in [3.05, 3.63) is 53.1 Å². The average molecular weight is 305 g/mol. The summed E-state index contributed by atoms with van der Waals surface area (Å²) in [4.78, 5) is 23.6. The highest BCUT2D eigenvalue weighted by Crippen LogP contribution is 2.20. The van der Waals surface area contributed by atoms with E-state index in [9.17, 15) is 14.7 Å². The number of carbonyl (C=O) groups excluding carboxylic acids is 2. The van der Waals surface area contributed by atoms with Gasteiger partial charge in [-0.25, -0.2) is 0 Å². The Bertz CT molecular complexity index is 701. The minimum atomic E-state index is -0.833. The minimum absolute atomic E-state index is 0.00102. The number of aromatic hydroxyl groups is 1. The second-order valence-electron chi connectivity index (χ2n) is 4.42. The Morgan fingerprint density at radius 2 is 1.76 bits per heavy atom. The van der Waals surface area contributed by atoms with Crippen LogP contribution in [0.4, 0.5) is 11.4 Å². The van der Waals surface area contributed by atoms with E-state index in [1.807, 2.05) is 0 Å². The van der Waals surface area contributed by atoms with Crippen LogP contribution in [-0.2, 0) is 9.59 Å². The van der Waals surface area contributed by atoms with Crippen LogP contribution in [0.5, 0.6) is 5.75 Å². The molecule has 0 fully saturated rings. The number of rotatable bonds is 2. The second kappa shape index (κ2) is 6.28. The summed E-state index contributed by atoms with van der Waals surface area (Å²) in [5.74, 6) is -1.65. The Labute approximate surface area is 126 Å². The molecule has 0 saturated heterocycles. The number of hydrogen-bond donors (Lipinski definition) is 3. The lowest BCUT2D eigenvalue weighted by atomic mass is 10.2. The van der Waals surface area contributed by atoms with Gasteiger partial charge in [0.2, 0.25) is 0 Å². The van der Waals surface area contributed by atoms with Crippen molar-refractivity contribution in [2.45, 2.75) is 6.92 Å². The van der Waals surface area contributed by atoms with Crippen molar-refractivity contribution >= 4 is 34.8 Å². The molecule has 2 amide bonds. The number of halogens is 1. The topological polar surface area (TPSA) is 78.4 Å². The van der Waals surface area contributed by atoms with Crippen molar-refractivity contribution in [1.82, 2.24) is 0 Å². The van der Waals surface area contributed by atoms with Crippen LogP contribution in [0.1, 0.15) is 5.56 Å². The Balaban J connectivity index is 2.06. The molecule has 2 aromatic rings. The van der Waals surface area contributed by atoms with Crippen molar-refractivity contribution in [3.63, 3.8) is 0 Å². The van der Waals surface area contributed by atoms with E-state index in [4.69, 9.17) is 11.6 Å². The van der Waals surface area contributed by atoms with Crippen molar-refractivity contribution in [1.29, 1.82) is 0 Å². The van der Waals surface area contributed by atoms with E-state index in [-0.39, 0.29) is 5.75 Å². The average Bonchev–Trinajstić information content (AvgIpc) is 2.43. The molecular weight excluding hydrogens is 292 g/mol. The van der Waals surface area contributed by atoms with E-state index < -0.39 is 11.8 Å². The van der Waals surface area contributed by atoms with Crippen LogP contribution in [-0.4, -0.2) is 16.9 Å². The Morgan fingerprint density at radius 3 is 2.48 bits per heavy atom. The zero-order valence-corrected chi connectivity index (χ0v) is 11.9. The standard InChI is InChI=1S/C15H13ClN2O3/c1-9-5-6-10(16)7-13(9)18-15(21)14(20)17-11-3-2-4-12(19)8-11/h2-8,19H,1H3,(H,17,20)(H,18,21). The van der Waals surface area contributed by atoms with Crippen LogP contribution in [0.3, 0.4) is 0 Å². The van der Waals surface area contributed by atoms with Crippen LogP contribution >= 0.6 is 11.6 Å². The van der Waals surface area contributed by atoms with Gasteiger partial charge < -0.3 is 15.7 Å². The molecule has 0 radical (unpaired) electrons. The Hall–Kier alpha value is -2.53. The van der Waals surface area contributed by atoms with Crippen LogP contribution < -0.4 is 10.6 Å². The molecule has 0 aliphatic heterocycles. The van der Waals surface area contributed by atoms with Crippen LogP contribution in [0.25, 0.3) is 0 Å². The van der Waals surface area contributed by atoms with E-state index in [1.165, 1.54) is 12.1 Å². The summed E-state index contributed by atoms with van der Waals surface area (Å²) in [6, 6.07) is 10.9. The summed E-state index contributed by atoms with van der Waals surface area (Å²) < 4.78 is 0. The largest absolute Gasteiger partial charge is 0.508 e. The van der Waals surface area contributed by atoms with E-state index in [1.54, 1.807) is 37.3 Å². The highest BCUT2D eigenvalue weighted by Gasteiger charge is 2.15. The molecule has 5 nitrogen and oxygen atoms in total. The minimum Gasteiger partial charge on any atom is -0.508 e. The Morgan fingerprint density at radius 1 is 1.05 bits per heavy atom. The molecule has 0 unspecified atom stereocenters. The third-order valence-electron chi connectivity index (χ3n) is 2.76. The summed E-state index contributed by atoms with van der Waals surface area (Å²) in [6.07, 6.45) is 0. The third kappa shape index (κ3) is 3.97. The predicted molar refractivity (Wildman–Crippen MR) is 81.6 cm³/mol. The normalized spacial score (nSPS) is 10.0. The molecule has 0 saturated carbocycles. The molecular formula is C15H13ClN2O3. The van der Waals surface area contributed by atoms with E-state index in [2.05, 4.69) is 10.6 Å². The van der Waals surface area contributed by atoms with Crippen molar-refractivity contribution < 1.29 is 14.7 Å². The number of phenolic OH excluding ortho intramolecular Hbond substituents is 1. The molecule has 108 valence electrons. The molecule has 0 aromatic heterocycles. The fraction of sp³-hybridized carbons (Fsp3) is 0.0667. The van der Waals surface area contributed by atoms with Gasteiger partial charge in [-0.2, -0.15) is 0 Å². The van der Waals surface area contributed by atoms with Gasteiger partial charge in [-0.15, -0.1) is 0 Å². The SMILES string of the molecule is Cc1ccc(Cl)cc1NC(=O)C(=O)Nc1cccc(O)c1. The lowest BCUT2D eigenvalue weighted by Crippen LogP contribution is -2.29. The van der Waals surface area contributed by atoms with Crippen LogP contribution in [0.15, 0.2) is 42.5 Å². The maximum atomic E-state index is 11.8. The zero-order valence-electron chi connectivity index (χ0n) is 11.2. The fourth-order valence-corrected chi connectivity index (χ4v) is 1.85. The summed E-state index contributed by atoms with van der Waals surface area (Å²) in [6.45, 7) is 1.79. The lowest BCUT2D eigenvalue weighted by molar-refractivity contribution is -0.133. The maximum absolute atomic E-state index is 11.8. The smallest absolute Gasteiger partial charge is 0.314 e. The Kier molecular flexibility index (Phi) is 4.45. The predicted octanol–water partition coefficient (Wildman–Crippen LogP) is 2.93. The number of anilines is 2. The van der Waals surface area contributed by atoms with Gasteiger partial charge in [-0.1, -0.05) is 23.7 Å². The van der Waals surface area contributed by atoms with E-state index >= 15 is 0 Å². The number of carbonyl (C=O) groups is 2. The van der Waals surface area contributed by atoms with Crippen LogP contribution in [0, 0.1) is 6.92 Å². The molecule has 3 N–H and O–H groups in total. The van der Waals surface area contributed by atoms with E-state index in [0.29, 0.717) is 16.4 Å². The van der Waals surface area contributed by atoms with Crippen molar-refractivity contribution in [3.8, 4) is 5.75 Å². The fourth-order valence-electron chi connectivity index (χ4n) is 1.68. The number of nitrogens with one attached hydrogen (secondary N) is 2. The van der Waals surface area contributed by atoms with Gasteiger partial charge in [-0.3, -0.25) is 9.59 Å². The van der Waals surface area contributed by atoms with Gasteiger partial charge in [0, 0.05) is 22.5 Å². The van der Waals surface area contributed by atoms with Crippen molar-refractivity contribution in [2.75, 3.05) is 10.6 Å². The molecule has 2 rings (SSSR count). The number of aryl methyl sites for hydroxylation is 1. The molecule has 2 aromatic carbocycles. The number of phenols is 1. The molecule has 0 aliphatic carbocycles. The summed E-state index contributed by atoms with van der Waals surface area (Å²) in [5, 5.41) is 14.6. The number of hydrogen-bond acceptors (Lipinski definition) is 3. The van der Waals surface area contributed by atoms with Gasteiger partial charge >= 0.3 is 11.8 Å². The molecule has 0 atom stereocenters. The molecule has 6 heteroatoms. The first-order chi connectivity index (χ1) is 9.95. The van der Waals surface area contributed by atoms with Gasteiger partial charge in [0.1, 0.15) is 5.75 Å². The third-order valence-corrected chi connectivity index (χ3v) is 2.99. The highest BCUT2D eigenvalue weighted by atomic mass is 35.5. The first kappa shape index (κ1) is 14.9. The monoisotopic (exact) mass is 304 g/mol. The summed E-state index contributed by atoms with van der Waals surface area (Å²) >= 11 is 5.85. The summed E-state index contributed by atoms with van der Waals surface area (Å²) in [7, 11) is 0. The van der Waals surface area contributed by atoms with E-state index in [0.717, 1.165) is 5.56 Å². The first-order valence-electron chi connectivity index (χ1n) is 6.13. The molecule has 0 aliphatic rings. The first-order valence-corrected chi connectivity index (χ1v) is 6.51. The van der Waals surface area contributed by atoms with Gasteiger partial charge in [0.05, 0.1) is 0 Å². The summed E-state index contributed by atoms with van der Waals surface area (Å²) in [5.41, 5.74) is 1.59. The quantitative estimate of drug-likeness (QED) is 0.746. The van der Waals surface area contributed by atoms with Crippen molar-refractivity contribution in [2.24, 2.45) is 0 Å². The molecule has 0 heterocycles. The molecule has 21 heavy (non-hydrogen) atoms. The van der Waals surface area contributed by atoms with Gasteiger partial charge in [0.25, 0.3) is 0 Å². The zero-order chi connectivity index (χ0) is 15.4. The number of benzene rings is 2. The molecule has 0 spiro atoms. The number of amides is 2. The second-order valence-corrected chi connectivity index (χ2v) is 4.85.